The van der Waals surface area contributed by atoms with Gasteiger partial charge < -0.3 is 18.9 Å². The van der Waals surface area contributed by atoms with E-state index in [2.05, 4.69) is 52.6 Å². The van der Waals surface area contributed by atoms with Crippen molar-refractivity contribution in [3.63, 3.8) is 0 Å². The molecule has 0 bridgehead atoms. The van der Waals surface area contributed by atoms with Crippen LogP contribution in [0.2, 0.25) is 0 Å². The first-order valence-electron chi connectivity index (χ1n) is 10.7. The SMILES string of the molecule is CC(C)c1c(CN2CCOCC2=O)cnc2ccc(B3OC(C)(C)C(C)(C)O3)cc12. The van der Waals surface area contributed by atoms with E-state index in [0.29, 0.717) is 19.7 Å². The van der Waals surface area contributed by atoms with Crippen LogP contribution in [0.5, 0.6) is 0 Å². The Labute approximate surface area is 179 Å². The van der Waals surface area contributed by atoms with Crippen LogP contribution in [-0.2, 0) is 25.4 Å². The van der Waals surface area contributed by atoms with E-state index in [0.717, 1.165) is 21.9 Å². The molecule has 1 aromatic carbocycles. The molecule has 7 heteroatoms. The zero-order valence-electron chi connectivity index (χ0n) is 18.8. The second-order valence-corrected chi connectivity index (χ2v) is 9.58. The molecule has 0 aliphatic carbocycles. The summed E-state index contributed by atoms with van der Waals surface area (Å²) >= 11 is 0. The smallest absolute Gasteiger partial charge is 0.399 e. The van der Waals surface area contributed by atoms with Crippen molar-refractivity contribution in [1.29, 1.82) is 0 Å². The Morgan fingerprint density at radius 3 is 2.50 bits per heavy atom. The van der Waals surface area contributed by atoms with E-state index < -0.39 is 7.12 Å². The predicted octanol–water partition coefficient (Wildman–Crippen LogP) is 3.02. The topological polar surface area (TPSA) is 60.9 Å². The van der Waals surface area contributed by atoms with E-state index in [1.165, 1.54) is 5.56 Å². The Morgan fingerprint density at radius 2 is 1.87 bits per heavy atom. The van der Waals surface area contributed by atoms with Gasteiger partial charge in [0.15, 0.2) is 0 Å². The molecule has 0 spiro atoms. The molecule has 2 fully saturated rings. The predicted molar refractivity (Wildman–Crippen MR) is 118 cm³/mol. The number of aromatic nitrogens is 1. The van der Waals surface area contributed by atoms with Crippen molar-refractivity contribution < 1.29 is 18.8 Å². The minimum atomic E-state index is -0.413. The summed E-state index contributed by atoms with van der Waals surface area (Å²) in [4.78, 5) is 18.8. The molecule has 1 amide bonds. The van der Waals surface area contributed by atoms with E-state index >= 15 is 0 Å². The summed E-state index contributed by atoms with van der Waals surface area (Å²) in [6.45, 7) is 14.5. The molecule has 0 radical (unpaired) electrons. The van der Waals surface area contributed by atoms with Crippen molar-refractivity contribution in [3.05, 3.63) is 35.5 Å². The number of carbonyl (C=O) groups is 1. The van der Waals surface area contributed by atoms with Crippen molar-refractivity contribution in [1.82, 2.24) is 9.88 Å². The van der Waals surface area contributed by atoms with Gasteiger partial charge in [-0.15, -0.1) is 0 Å². The number of pyridine rings is 1. The number of fused-ring (bicyclic) bond motifs is 1. The fourth-order valence-corrected chi connectivity index (χ4v) is 4.13. The molecule has 2 aliphatic heterocycles. The highest BCUT2D eigenvalue weighted by Crippen LogP contribution is 2.37. The molecule has 0 saturated carbocycles. The van der Waals surface area contributed by atoms with Gasteiger partial charge in [0.05, 0.1) is 23.3 Å². The molecule has 3 heterocycles. The fourth-order valence-electron chi connectivity index (χ4n) is 4.13. The third-order valence-corrected chi connectivity index (χ3v) is 6.56. The van der Waals surface area contributed by atoms with E-state index in [1.807, 2.05) is 23.2 Å². The number of hydrogen-bond donors (Lipinski definition) is 0. The number of carbonyl (C=O) groups excluding carboxylic acids is 1. The van der Waals surface area contributed by atoms with Gasteiger partial charge in [0, 0.05) is 24.7 Å². The van der Waals surface area contributed by atoms with Crippen LogP contribution in [-0.4, -0.2) is 53.9 Å². The average molecular weight is 410 g/mol. The van der Waals surface area contributed by atoms with Crippen molar-refractivity contribution in [2.75, 3.05) is 19.8 Å². The molecule has 0 unspecified atom stereocenters. The van der Waals surface area contributed by atoms with Gasteiger partial charge in [-0.1, -0.05) is 26.0 Å². The van der Waals surface area contributed by atoms with Crippen LogP contribution < -0.4 is 5.46 Å². The first-order valence-corrected chi connectivity index (χ1v) is 10.7. The molecule has 2 aromatic rings. The van der Waals surface area contributed by atoms with Gasteiger partial charge in [0.2, 0.25) is 5.91 Å². The zero-order valence-corrected chi connectivity index (χ0v) is 18.8. The molecule has 30 heavy (non-hydrogen) atoms. The molecule has 4 rings (SSSR count). The monoisotopic (exact) mass is 410 g/mol. The number of ether oxygens (including phenoxy) is 1. The zero-order chi connectivity index (χ0) is 21.7. The molecule has 1 aromatic heterocycles. The lowest BCUT2D eigenvalue weighted by atomic mass is 9.77. The molecule has 6 nitrogen and oxygen atoms in total. The maximum Gasteiger partial charge on any atom is 0.494 e. The first kappa shape index (κ1) is 21.3. The lowest BCUT2D eigenvalue weighted by Gasteiger charge is -2.32. The van der Waals surface area contributed by atoms with Crippen molar-refractivity contribution in [2.24, 2.45) is 0 Å². The fraction of sp³-hybridized carbons (Fsp3) is 0.565. The number of morpholine rings is 1. The lowest BCUT2D eigenvalue weighted by molar-refractivity contribution is -0.143. The van der Waals surface area contributed by atoms with Gasteiger partial charge >= 0.3 is 7.12 Å². The molecular weight excluding hydrogens is 379 g/mol. The highest BCUT2D eigenvalue weighted by molar-refractivity contribution is 6.62. The molecular formula is C23H31BN2O4. The minimum Gasteiger partial charge on any atom is -0.399 e. The van der Waals surface area contributed by atoms with Crippen LogP contribution in [0.15, 0.2) is 24.4 Å². The Balaban J connectivity index is 1.73. The largest absolute Gasteiger partial charge is 0.494 e. The quantitative estimate of drug-likeness (QED) is 0.726. The summed E-state index contributed by atoms with van der Waals surface area (Å²) < 4.78 is 17.8. The van der Waals surface area contributed by atoms with Gasteiger partial charge in [0.1, 0.15) is 6.61 Å². The maximum atomic E-state index is 12.2. The molecule has 0 atom stereocenters. The summed E-state index contributed by atoms with van der Waals surface area (Å²) in [5.41, 5.74) is 3.46. The average Bonchev–Trinajstić information content (AvgIpc) is 2.90. The van der Waals surface area contributed by atoms with E-state index in [9.17, 15) is 4.79 Å². The summed E-state index contributed by atoms with van der Waals surface area (Å²) in [6, 6.07) is 6.21. The number of amides is 1. The van der Waals surface area contributed by atoms with Crippen LogP contribution in [0.4, 0.5) is 0 Å². The van der Waals surface area contributed by atoms with Crippen LogP contribution in [0.1, 0.15) is 58.6 Å². The van der Waals surface area contributed by atoms with Crippen LogP contribution in [0.25, 0.3) is 10.9 Å². The third-order valence-electron chi connectivity index (χ3n) is 6.56. The van der Waals surface area contributed by atoms with E-state index in [4.69, 9.17) is 14.0 Å². The van der Waals surface area contributed by atoms with Crippen molar-refractivity contribution in [2.45, 2.75) is 65.2 Å². The van der Waals surface area contributed by atoms with Crippen molar-refractivity contribution >= 4 is 29.4 Å². The van der Waals surface area contributed by atoms with E-state index in [-0.39, 0.29) is 29.6 Å². The van der Waals surface area contributed by atoms with Crippen molar-refractivity contribution in [3.8, 4) is 0 Å². The highest BCUT2D eigenvalue weighted by atomic mass is 16.7. The molecule has 160 valence electrons. The van der Waals surface area contributed by atoms with Gasteiger partial charge in [0.25, 0.3) is 0 Å². The molecule has 0 N–H and O–H groups in total. The maximum absolute atomic E-state index is 12.2. The first-order chi connectivity index (χ1) is 14.1. The number of hydrogen-bond acceptors (Lipinski definition) is 5. The van der Waals surface area contributed by atoms with Crippen LogP contribution in [0.3, 0.4) is 0 Å². The minimum absolute atomic E-state index is 0.0297. The number of benzene rings is 1. The standard InChI is InChI=1S/C23H31BN2O4/c1-15(2)21-16(13-26-9-10-28-14-20(26)27)12-25-19-8-7-17(11-18(19)21)24-29-22(3,4)23(5,6)30-24/h7-8,11-12,15H,9-10,13-14H2,1-6H3. The summed E-state index contributed by atoms with van der Waals surface area (Å²) in [6.07, 6.45) is 1.91. The van der Waals surface area contributed by atoms with Crippen LogP contribution >= 0.6 is 0 Å². The lowest BCUT2D eigenvalue weighted by Crippen LogP contribution is -2.41. The Bertz CT molecular complexity index is 957. The Kier molecular flexibility index (Phi) is 5.41. The number of rotatable bonds is 4. The Hall–Kier alpha value is -1.96. The van der Waals surface area contributed by atoms with Crippen LogP contribution in [0, 0.1) is 0 Å². The molecule has 2 saturated heterocycles. The summed E-state index contributed by atoms with van der Waals surface area (Å²) in [7, 11) is -0.413. The van der Waals surface area contributed by atoms with Gasteiger partial charge in [-0.2, -0.15) is 0 Å². The number of nitrogens with zero attached hydrogens (tertiary/aromatic N) is 2. The van der Waals surface area contributed by atoms with Gasteiger partial charge in [-0.05, 0) is 56.3 Å². The second-order valence-electron chi connectivity index (χ2n) is 9.58. The highest BCUT2D eigenvalue weighted by Gasteiger charge is 2.51. The summed E-state index contributed by atoms with van der Waals surface area (Å²) in [5.74, 6) is 0.317. The van der Waals surface area contributed by atoms with Gasteiger partial charge in [-0.3, -0.25) is 9.78 Å². The molecule has 2 aliphatic rings. The van der Waals surface area contributed by atoms with E-state index in [1.54, 1.807) is 0 Å². The van der Waals surface area contributed by atoms with Gasteiger partial charge in [-0.25, -0.2) is 0 Å². The summed E-state index contributed by atoms with van der Waals surface area (Å²) in [5, 5.41) is 1.09. The normalized spacial score (nSPS) is 21.1. The second kappa shape index (κ2) is 7.63. The Morgan fingerprint density at radius 1 is 1.17 bits per heavy atom. The third kappa shape index (κ3) is 3.75.